The Balaban J connectivity index is 1.85. The molecule has 0 spiro atoms. The zero-order valence-corrected chi connectivity index (χ0v) is 11.3. The summed E-state index contributed by atoms with van der Waals surface area (Å²) in [6.45, 7) is 0.599. The van der Waals surface area contributed by atoms with Crippen molar-refractivity contribution in [3.05, 3.63) is 5.82 Å². The lowest BCUT2D eigenvalue weighted by atomic mass is 9.96. The minimum atomic E-state index is -0.765. The summed E-state index contributed by atoms with van der Waals surface area (Å²) in [4.78, 5) is 10.5. The number of carbonyl (C=O) groups is 1. The largest absolute Gasteiger partial charge is 0.481 e. The Hall–Kier alpha value is -1.46. The summed E-state index contributed by atoms with van der Waals surface area (Å²) in [5, 5.41) is 20.4. The molecule has 1 heterocycles. The Morgan fingerprint density at radius 2 is 2.00 bits per heavy atom. The monoisotopic (exact) mass is 266 g/mol. The van der Waals surface area contributed by atoms with Gasteiger partial charge in [0, 0.05) is 19.4 Å². The first-order valence-electron chi connectivity index (χ1n) is 7.22. The van der Waals surface area contributed by atoms with Gasteiger partial charge in [0.2, 0.25) is 0 Å². The third-order valence-corrected chi connectivity index (χ3v) is 3.81. The van der Waals surface area contributed by atoms with Gasteiger partial charge in [-0.05, 0) is 22.8 Å². The fourth-order valence-corrected chi connectivity index (χ4v) is 2.75. The maximum Gasteiger partial charge on any atom is 0.303 e. The Morgan fingerprint density at radius 3 is 2.68 bits per heavy atom. The van der Waals surface area contributed by atoms with E-state index in [4.69, 9.17) is 5.11 Å². The first kappa shape index (κ1) is 14.0. The highest BCUT2D eigenvalue weighted by Gasteiger charge is 2.16. The van der Waals surface area contributed by atoms with Crippen LogP contribution < -0.4 is 0 Å². The molecule has 1 saturated carbocycles. The van der Waals surface area contributed by atoms with Crippen molar-refractivity contribution in [2.24, 2.45) is 5.92 Å². The summed E-state index contributed by atoms with van der Waals surface area (Å²) >= 11 is 0. The molecule has 106 valence electrons. The van der Waals surface area contributed by atoms with Crippen LogP contribution in [0.25, 0.3) is 0 Å². The van der Waals surface area contributed by atoms with Crippen molar-refractivity contribution in [1.29, 1.82) is 0 Å². The summed E-state index contributed by atoms with van der Waals surface area (Å²) in [5.41, 5.74) is 0. The highest BCUT2D eigenvalue weighted by atomic mass is 16.4. The minimum Gasteiger partial charge on any atom is -0.481 e. The molecule has 0 aliphatic heterocycles. The van der Waals surface area contributed by atoms with Gasteiger partial charge in [0.15, 0.2) is 5.82 Å². The van der Waals surface area contributed by atoms with Crippen LogP contribution in [-0.4, -0.2) is 31.3 Å². The van der Waals surface area contributed by atoms with E-state index >= 15 is 0 Å². The van der Waals surface area contributed by atoms with Crippen molar-refractivity contribution in [3.63, 3.8) is 0 Å². The topological polar surface area (TPSA) is 80.9 Å². The molecular weight excluding hydrogens is 244 g/mol. The first-order valence-corrected chi connectivity index (χ1v) is 7.22. The molecule has 6 heteroatoms. The lowest BCUT2D eigenvalue weighted by Gasteiger charge is -2.13. The molecule has 1 aromatic rings. The highest BCUT2D eigenvalue weighted by Crippen LogP contribution is 2.25. The number of hydrogen-bond acceptors (Lipinski definition) is 4. The van der Waals surface area contributed by atoms with E-state index in [0.717, 1.165) is 12.2 Å². The third kappa shape index (κ3) is 4.61. The van der Waals surface area contributed by atoms with E-state index in [1.807, 2.05) is 0 Å². The Labute approximate surface area is 113 Å². The lowest BCUT2D eigenvalue weighted by molar-refractivity contribution is -0.137. The van der Waals surface area contributed by atoms with Crippen LogP contribution in [-0.2, 0) is 17.8 Å². The van der Waals surface area contributed by atoms with Crippen LogP contribution >= 0.6 is 0 Å². The van der Waals surface area contributed by atoms with Gasteiger partial charge in [-0.3, -0.25) is 4.79 Å². The van der Waals surface area contributed by atoms with Crippen LogP contribution in [0.4, 0.5) is 0 Å². The number of carboxylic acids is 1. The van der Waals surface area contributed by atoms with Gasteiger partial charge < -0.3 is 5.11 Å². The van der Waals surface area contributed by atoms with Gasteiger partial charge in [0.25, 0.3) is 0 Å². The predicted molar refractivity (Wildman–Crippen MR) is 69.6 cm³/mol. The molecule has 0 atom stereocenters. The number of rotatable bonds is 6. The van der Waals surface area contributed by atoms with E-state index in [2.05, 4.69) is 15.5 Å². The normalized spacial score (nSPS) is 17.3. The lowest BCUT2D eigenvalue weighted by Crippen LogP contribution is -2.12. The number of aliphatic carboxylic acids is 1. The summed E-state index contributed by atoms with van der Waals surface area (Å²) in [7, 11) is 0. The molecule has 0 aromatic carbocycles. The standard InChI is InChI=1S/C13H22N4O2/c18-13(19)8-5-9-17-12(14-15-16-17)10-11-6-3-1-2-4-7-11/h11H,1-10H2,(H,18,19). The molecule has 0 bridgehead atoms. The van der Waals surface area contributed by atoms with Crippen LogP contribution in [0.1, 0.15) is 57.2 Å². The van der Waals surface area contributed by atoms with Crippen molar-refractivity contribution in [2.45, 2.75) is 64.3 Å². The quantitative estimate of drug-likeness (QED) is 0.797. The molecule has 1 aliphatic carbocycles. The van der Waals surface area contributed by atoms with Crippen molar-refractivity contribution < 1.29 is 9.90 Å². The minimum absolute atomic E-state index is 0.169. The third-order valence-electron chi connectivity index (χ3n) is 3.81. The molecule has 2 rings (SSSR count). The summed E-state index contributed by atoms with van der Waals surface area (Å²) in [5.74, 6) is 0.836. The molecule has 1 aliphatic rings. The molecule has 0 radical (unpaired) electrons. The van der Waals surface area contributed by atoms with E-state index in [1.54, 1.807) is 4.68 Å². The molecule has 0 saturated heterocycles. The fourth-order valence-electron chi connectivity index (χ4n) is 2.75. The number of carboxylic acid groups (broad SMARTS) is 1. The van der Waals surface area contributed by atoms with Crippen molar-refractivity contribution >= 4 is 5.97 Å². The molecule has 19 heavy (non-hydrogen) atoms. The van der Waals surface area contributed by atoms with Crippen molar-refractivity contribution in [3.8, 4) is 0 Å². The van der Waals surface area contributed by atoms with E-state index in [9.17, 15) is 4.79 Å². The average Bonchev–Trinajstić information content (AvgIpc) is 2.64. The second kappa shape index (κ2) is 7.21. The van der Waals surface area contributed by atoms with Gasteiger partial charge in [0.05, 0.1) is 0 Å². The Kier molecular flexibility index (Phi) is 5.30. The summed E-state index contributed by atoms with van der Waals surface area (Å²) in [6.07, 6.45) is 9.53. The number of nitrogens with zero attached hydrogens (tertiary/aromatic N) is 4. The van der Waals surface area contributed by atoms with Crippen LogP contribution in [0.5, 0.6) is 0 Å². The van der Waals surface area contributed by atoms with Gasteiger partial charge in [-0.15, -0.1) is 5.10 Å². The second-order valence-electron chi connectivity index (χ2n) is 5.38. The van der Waals surface area contributed by atoms with E-state index < -0.39 is 5.97 Å². The van der Waals surface area contributed by atoms with Gasteiger partial charge >= 0.3 is 5.97 Å². The predicted octanol–water partition coefficient (Wildman–Crippen LogP) is 2.05. The van der Waals surface area contributed by atoms with Crippen LogP contribution in [0.15, 0.2) is 0 Å². The molecule has 6 nitrogen and oxygen atoms in total. The van der Waals surface area contributed by atoms with Crippen molar-refractivity contribution in [2.75, 3.05) is 0 Å². The van der Waals surface area contributed by atoms with Crippen LogP contribution in [0.3, 0.4) is 0 Å². The molecule has 1 fully saturated rings. The summed E-state index contributed by atoms with van der Waals surface area (Å²) < 4.78 is 1.77. The first-order chi connectivity index (χ1) is 9.25. The number of tetrazole rings is 1. The SMILES string of the molecule is O=C(O)CCCn1nnnc1CC1CCCCCC1. The fraction of sp³-hybridized carbons (Fsp3) is 0.846. The maximum absolute atomic E-state index is 10.5. The second-order valence-corrected chi connectivity index (χ2v) is 5.38. The zero-order chi connectivity index (χ0) is 13.5. The van der Waals surface area contributed by atoms with E-state index in [-0.39, 0.29) is 6.42 Å². The highest BCUT2D eigenvalue weighted by molar-refractivity contribution is 5.66. The van der Waals surface area contributed by atoms with Gasteiger partial charge in [-0.2, -0.15) is 0 Å². The van der Waals surface area contributed by atoms with Gasteiger partial charge in [0.1, 0.15) is 0 Å². The van der Waals surface area contributed by atoms with Crippen molar-refractivity contribution in [1.82, 2.24) is 20.2 Å². The molecule has 1 N–H and O–H groups in total. The van der Waals surface area contributed by atoms with Crippen LogP contribution in [0.2, 0.25) is 0 Å². The van der Waals surface area contributed by atoms with Gasteiger partial charge in [-0.25, -0.2) is 4.68 Å². The summed E-state index contributed by atoms with van der Waals surface area (Å²) in [6, 6.07) is 0. The maximum atomic E-state index is 10.5. The molecule has 0 unspecified atom stereocenters. The smallest absolute Gasteiger partial charge is 0.303 e. The molecule has 0 amide bonds. The molecular formula is C13H22N4O2. The number of aromatic nitrogens is 4. The van der Waals surface area contributed by atoms with Gasteiger partial charge in [-0.1, -0.05) is 38.5 Å². The Bertz CT molecular complexity index is 397. The number of aryl methyl sites for hydroxylation is 1. The Morgan fingerprint density at radius 1 is 1.26 bits per heavy atom. The number of hydrogen-bond donors (Lipinski definition) is 1. The van der Waals surface area contributed by atoms with E-state index in [0.29, 0.717) is 18.9 Å². The average molecular weight is 266 g/mol. The van der Waals surface area contributed by atoms with Crippen LogP contribution in [0, 0.1) is 5.92 Å². The van der Waals surface area contributed by atoms with E-state index in [1.165, 1.54) is 38.5 Å². The molecule has 1 aromatic heterocycles. The zero-order valence-electron chi connectivity index (χ0n) is 11.3.